The zero-order valence-corrected chi connectivity index (χ0v) is 37.0. The predicted molar refractivity (Wildman–Crippen MR) is 242 cm³/mol. The molecule has 0 aliphatic carbocycles. The van der Waals surface area contributed by atoms with Gasteiger partial charge in [-0.3, -0.25) is 14.4 Å². The van der Waals surface area contributed by atoms with E-state index in [4.69, 9.17) is 24.7 Å². The number of fused-ring (bicyclic) bond motifs is 1. The van der Waals surface area contributed by atoms with Gasteiger partial charge in [-0.1, -0.05) is 74.5 Å². The molecular weight excluding hydrogens is 779 g/mol. The van der Waals surface area contributed by atoms with Crippen molar-refractivity contribution >= 4 is 48.7 Å². The molecule has 0 bridgehead atoms. The molecule has 2 unspecified atom stereocenters. The molecule has 1 aliphatic rings. The number of nitrogens with two attached hydrogens (primary N) is 1. The predicted octanol–water partition coefficient (Wildman–Crippen LogP) is 6.23. The molecule has 2 amide bonds. The van der Waals surface area contributed by atoms with Gasteiger partial charge in [0.2, 0.25) is 12.3 Å². The van der Waals surface area contributed by atoms with E-state index in [1.54, 1.807) is 26.8 Å². The third kappa shape index (κ3) is 20.1. The Morgan fingerprint density at radius 1 is 0.918 bits per heavy atom. The summed E-state index contributed by atoms with van der Waals surface area (Å²) in [6, 6.07) is 29.6. The van der Waals surface area contributed by atoms with E-state index in [1.807, 2.05) is 64.9 Å². The van der Waals surface area contributed by atoms with Crippen LogP contribution in [-0.4, -0.2) is 88.3 Å². The van der Waals surface area contributed by atoms with Crippen molar-refractivity contribution in [3.63, 3.8) is 0 Å². The summed E-state index contributed by atoms with van der Waals surface area (Å²) in [5, 5.41) is 17.2. The SMILES string of the molecule is C=O.CC(C)(C)N.CC(C)C(O)C(=O)N[C@@H](C)C=O.CNc1ccc(COCC2Cc3ccccc3N2C)cc1.COc1cc(C=O)c(NC=O)cc1OCc1ccccc1. The number of nitrogens with one attached hydrogen (secondary N) is 3. The van der Waals surface area contributed by atoms with Gasteiger partial charge in [-0.25, -0.2) is 0 Å². The number of aliphatic hydroxyl groups excluding tert-OH is 1. The molecule has 4 aromatic carbocycles. The highest BCUT2D eigenvalue weighted by molar-refractivity contribution is 5.90. The Kier molecular flexibility index (Phi) is 24.6. The number of carbonyl (C=O) groups excluding carboxylic acids is 5. The van der Waals surface area contributed by atoms with Crippen LogP contribution in [0.3, 0.4) is 0 Å². The molecular formula is C47H65N5O9. The monoisotopic (exact) mass is 843 g/mol. The lowest BCUT2D eigenvalue weighted by Crippen LogP contribution is -2.42. The molecule has 0 fully saturated rings. The first-order chi connectivity index (χ1) is 29.0. The van der Waals surface area contributed by atoms with E-state index >= 15 is 0 Å². The summed E-state index contributed by atoms with van der Waals surface area (Å²) in [6.07, 6.45) is 1.81. The van der Waals surface area contributed by atoms with E-state index in [2.05, 4.69) is 76.4 Å². The minimum atomic E-state index is -1.03. The average molecular weight is 844 g/mol. The molecule has 5 rings (SSSR count). The standard InChI is InChI=1S/C18H22N2O.C16H15NO4.C8H15NO3.C4H11N.CH2O/c1-19-16-9-7-14(8-10-16)12-21-13-17-11-15-5-3-4-6-18(15)20(17)2;1-20-15-7-13(9-18)14(17-11-19)8-16(15)21-10-12-5-3-2-4-6-12;1-5(2)7(11)8(12)9-6(3)4-10;1-4(2,3)5;1-2/h3-10,17,19H,11-13H2,1-2H3;2-9,11H,10H2,1H3,(H,17,19);4-7,11H,1-3H3,(H,9,12);5H2,1-3H3;1H2/t;;6-,7?;;/m..0../s1. The van der Waals surface area contributed by atoms with Crippen molar-refractivity contribution in [3.05, 3.63) is 113 Å². The van der Waals surface area contributed by atoms with Crippen LogP contribution in [0.2, 0.25) is 0 Å². The largest absolute Gasteiger partial charge is 0.493 e. The van der Waals surface area contributed by atoms with Crippen LogP contribution in [0.1, 0.15) is 68.6 Å². The molecule has 0 aromatic heterocycles. The second-order valence-electron chi connectivity index (χ2n) is 15.3. The number of benzene rings is 4. The number of likely N-dealkylation sites (N-methyl/N-ethyl adjacent to an activating group) is 1. The number of nitrogens with zero attached hydrogens (tertiary/aromatic N) is 1. The minimum absolute atomic E-state index is 0. The van der Waals surface area contributed by atoms with Gasteiger partial charge in [0.25, 0.3) is 0 Å². The van der Waals surface area contributed by atoms with Crippen molar-refractivity contribution < 1.29 is 43.3 Å². The highest BCUT2D eigenvalue weighted by Gasteiger charge is 2.26. The van der Waals surface area contributed by atoms with E-state index in [0.717, 1.165) is 24.3 Å². The minimum Gasteiger partial charge on any atom is -0.493 e. The smallest absolute Gasteiger partial charge is 0.249 e. The fourth-order valence-electron chi connectivity index (χ4n) is 5.38. The second kappa shape index (κ2) is 28.4. The Morgan fingerprint density at radius 2 is 1.51 bits per heavy atom. The molecule has 0 spiro atoms. The molecule has 1 heterocycles. The first-order valence-corrected chi connectivity index (χ1v) is 19.8. The maximum absolute atomic E-state index is 11.0. The maximum atomic E-state index is 11.0. The second-order valence-corrected chi connectivity index (χ2v) is 15.3. The van der Waals surface area contributed by atoms with E-state index in [9.17, 15) is 24.3 Å². The summed E-state index contributed by atoms with van der Waals surface area (Å²) in [6.45, 7) is 14.7. The van der Waals surface area contributed by atoms with Gasteiger partial charge in [-0.05, 0) is 81.0 Å². The molecule has 4 aromatic rings. The Labute approximate surface area is 361 Å². The number of ether oxygens (including phenoxy) is 3. The summed E-state index contributed by atoms with van der Waals surface area (Å²) in [7, 11) is 5.58. The van der Waals surface area contributed by atoms with Crippen LogP contribution in [0.25, 0.3) is 0 Å². The number of anilines is 3. The van der Waals surface area contributed by atoms with E-state index in [-0.39, 0.29) is 11.5 Å². The summed E-state index contributed by atoms with van der Waals surface area (Å²) < 4.78 is 16.8. The molecule has 6 N–H and O–H groups in total. The van der Waals surface area contributed by atoms with Crippen LogP contribution in [-0.2, 0) is 43.5 Å². The number of methoxy groups -OCH3 is 1. The Balaban J connectivity index is 0.000000439. The number of hydrogen-bond acceptors (Lipinski definition) is 12. The number of aldehydes is 2. The zero-order valence-electron chi connectivity index (χ0n) is 37.0. The number of aliphatic hydroxyl groups is 1. The number of carbonyl (C=O) groups is 5. The highest BCUT2D eigenvalue weighted by Crippen LogP contribution is 2.33. The van der Waals surface area contributed by atoms with Crippen molar-refractivity contribution in [3.8, 4) is 11.5 Å². The normalized spacial score (nSPS) is 13.2. The van der Waals surface area contributed by atoms with Crippen molar-refractivity contribution in [2.24, 2.45) is 11.7 Å². The fraction of sp³-hybridized carbons (Fsp3) is 0.383. The van der Waals surface area contributed by atoms with Crippen LogP contribution < -0.4 is 36.1 Å². The van der Waals surface area contributed by atoms with E-state index in [1.165, 1.54) is 30.0 Å². The molecule has 0 saturated heterocycles. The van der Waals surface area contributed by atoms with Crippen LogP contribution in [0, 0.1) is 5.92 Å². The number of rotatable bonds is 16. The van der Waals surface area contributed by atoms with Crippen LogP contribution in [0.15, 0.2) is 91.0 Å². The quantitative estimate of drug-likeness (QED) is 0.0799. The van der Waals surface area contributed by atoms with Crippen LogP contribution >= 0.6 is 0 Å². The highest BCUT2D eigenvalue weighted by atomic mass is 16.5. The topological polar surface area (TPSA) is 199 Å². The first kappa shape index (κ1) is 52.9. The van der Waals surface area contributed by atoms with Gasteiger partial charge in [0.05, 0.1) is 38.1 Å². The number of amides is 2. The third-order valence-corrected chi connectivity index (χ3v) is 8.58. The third-order valence-electron chi connectivity index (χ3n) is 8.58. The lowest BCUT2D eigenvalue weighted by Gasteiger charge is -2.22. The summed E-state index contributed by atoms with van der Waals surface area (Å²) in [5.41, 5.74) is 12.2. The van der Waals surface area contributed by atoms with Gasteiger partial charge >= 0.3 is 0 Å². The summed E-state index contributed by atoms with van der Waals surface area (Å²) >= 11 is 0. The number of para-hydroxylation sites is 1. The zero-order chi connectivity index (χ0) is 46.0. The molecule has 14 heteroatoms. The molecule has 1 aliphatic heterocycles. The summed E-state index contributed by atoms with van der Waals surface area (Å²) in [5.74, 6) is 0.259. The van der Waals surface area contributed by atoms with Crippen LogP contribution in [0.5, 0.6) is 11.5 Å². The van der Waals surface area contributed by atoms with Crippen molar-refractivity contribution in [2.75, 3.05) is 43.3 Å². The van der Waals surface area contributed by atoms with Gasteiger partial charge in [-0.2, -0.15) is 0 Å². The Bertz CT molecular complexity index is 1880. The van der Waals surface area contributed by atoms with Gasteiger partial charge in [0, 0.05) is 42.6 Å². The Morgan fingerprint density at radius 3 is 2.03 bits per heavy atom. The van der Waals surface area contributed by atoms with Gasteiger partial charge < -0.3 is 55.5 Å². The van der Waals surface area contributed by atoms with Crippen molar-refractivity contribution in [2.45, 2.75) is 84.9 Å². The van der Waals surface area contributed by atoms with Crippen molar-refractivity contribution in [1.82, 2.24) is 5.32 Å². The summed E-state index contributed by atoms with van der Waals surface area (Å²) in [4.78, 5) is 53.1. The fourth-order valence-corrected chi connectivity index (χ4v) is 5.38. The van der Waals surface area contributed by atoms with E-state index < -0.39 is 18.1 Å². The molecule has 14 nitrogen and oxygen atoms in total. The Hall–Kier alpha value is -6.09. The lowest BCUT2D eigenvalue weighted by molar-refractivity contribution is -0.133. The van der Waals surface area contributed by atoms with Gasteiger partial charge in [-0.15, -0.1) is 0 Å². The molecule has 332 valence electrons. The van der Waals surface area contributed by atoms with Gasteiger partial charge in [0.1, 0.15) is 25.8 Å². The molecule has 61 heavy (non-hydrogen) atoms. The lowest BCUT2D eigenvalue weighted by atomic mass is 10.1. The van der Waals surface area contributed by atoms with E-state index in [0.29, 0.717) is 61.0 Å². The first-order valence-electron chi connectivity index (χ1n) is 19.8. The van der Waals surface area contributed by atoms with Crippen molar-refractivity contribution in [1.29, 1.82) is 0 Å². The molecule has 3 atom stereocenters. The average Bonchev–Trinajstić information content (AvgIpc) is 3.58. The van der Waals surface area contributed by atoms with Crippen LogP contribution in [0.4, 0.5) is 17.1 Å². The maximum Gasteiger partial charge on any atom is 0.249 e. The molecule has 0 saturated carbocycles. The number of hydrogen-bond donors (Lipinski definition) is 5. The molecule has 0 radical (unpaired) electrons. The van der Waals surface area contributed by atoms with Gasteiger partial charge in [0.15, 0.2) is 17.8 Å².